The molecule has 0 amide bonds. The minimum Gasteiger partial charge on any atom is -0.460 e. The van der Waals surface area contributed by atoms with Gasteiger partial charge in [-0.05, 0) is 99.1 Å². The molecule has 1 aliphatic heterocycles. The molecule has 2 aliphatic rings. The van der Waals surface area contributed by atoms with Crippen molar-refractivity contribution in [3.05, 3.63) is 211 Å². The van der Waals surface area contributed by atoms with Gasteiger partial charge in [-0.3, -0.25) is 0 Å². The zero-order valence-corrected chi connectivity index (χ0v) is 37.9. The Labute approximate surface area is 374 Å². The fourth-order valence-corrected chi connectivity index (χ4v) is 9.23. The van der Waals surface area contributed by atoms with Crippen LogP contribution in [-0.4, -0.2) is 4.57 Å². The van der Waals surface area contributed by atoms with E-state index < -0.39 is 5.41 Å². The van der Waals surface area contributed by atoms with E-state index in [1.165, 1.54) is 54.5 Å². The number of hydrogen-bond donors (Lipinski definition) is 2. The van der Waals surface area contributed by atoms with Crippen LogP contribution in [0.4, 0.5) is 0 Å². The Balaban J connectivity index is 0.000000346. The molecule has 0 fully saturated rings. The summed E-state index contributed by atoms with van der Waals surface area (Å²) in [7, 11) is 0. The summed E-state index contributed by atoms with van der Waals surface area (Å²) in [5.41, 5.74) is 22.7. The van der Waals surface area contributed by atoms with Crippen molar-refractivity contribution in [3.8, 4) is 22.6 Å². The zero-order chi connectivity index (χ0) is 44.7. The van der Waals surface area contributed by atoms with Gasteiger partial charge in [0.25, 0.3) is 0 Å². The summed E-state index contributed by atoms with van der Waals surface area (Å²) in [6, 6.07) is 55.9. The number of aromatic nitrogens is 1. The van der Waals surface area contributed by atoms with Crippen molar-refractivity contribution < 1.29 is 4.74 Å². The van der Waals surface area contributed by atoms with E-state index in [0.717, 1.165) is 39.4 Å². The monoisotopic (exact) mass is 827 g/mol. The molecule has 2 heterocycles. The lowest BCUT2D eigenvalue weighted by Crippen LogP contribution is -2.28. The summed E-state index contributed by atoms with van der Waals surface area (Å²) < 4.78 is 8.96. The van der Waals surface area contributed by atoms with Crippen LogP contribution in [0.2, 0.25) is 0 Å². The Morgan fingerprint density at radius 2 is 1.19 bits per heavy atom. The first-order chi connectivity index (χ1) is 30.9. The lowest BCUT2D eigenvalue weighted by Gasteiger charge is -2.28. The number of hydrogen-bond acceptors (Lipinski definition) is 3. The van der Waals surface area contributed by atoms with Gasteiger partial charge in [0.1, 0.15) is 11.5 Å². The van der Waals surface area contributed by atoms with Crippen LogP contribution in [0, 0.1) is 0 Å². The average Bonchev–Trinajstić information content (AvgIpc) is 4.01. The number of allylic oxidation sites excluding steroid dienone is 3. The van der Waals surface area contributed by atoms with Crippen molar-refractivity contribution in [3.63, 3.8) is 0 Å². The Morgan fingerprint density at radius 1 is 0.619 bits per heavy atom. The third-order valence-corrected chi connectivity index (χ3v) is 12.0. The fourth-order valence-electron chi connectivity index (χ4n) is 9.23. The van der Waals surface area contributed by atoms with Crippen LogP contribution in [0.5, 0.6) is 5.75 Å². The van der Waals surface area contributed by atoms with Gasteiger partial charge in [0.15, 0.2) is 0 Å². The van der Waals surface area contributed by atoms with Gasteiger partial charge < -0.3 is 20.8 Å². The number of rotatable bonds is 7. The van der Waals surface area contributed by atoms with Gasteiger partial charge in [-0.25, -0.2) is 0 Å². The lowest BCUT2D eigenvalue weighted by atomic mass is 9.75. The highest BCUT2D eigenvalue weighted by Crippen LogP contribution is 2.54. The molecule has 4 N–H and O–H groups in total. The maximum atomic E-state index is 7.05. The molecule has 3 atom stereocenters. The van der Waals surface area contributed by atoms with Crippen molar-refractivity contribution in [2.75, 3.05) is 0 Å². The molecule has 0 spiro atoms. The highest BCUT2D eigenvalue weighted by molar-refractivity contribution is 6.34. The fraction of sp³-hybridized carbons (Fsp3) is 0.186. The zero-order valence-electron chi connectivity index (χ0n) is 37.9. The van der Waals surface area contributed by atoms with Crippen molar-refractivity contribution in [1.29, 1.82) is 0 Å². The molecule has 8 aromatic carbocycles. The summed E-state index contributed by atoms with van der Waals surface area (Å²) in [4.78, 5) is 0. The van der Waals surface area contributed by atoms with Crippen LogP contribution in [0.25, 0.3) is 66.2 Å². The lowest BCUT2D eigenvalue weighted by molar-refractivity contribution is 0.378. The molecule has 4 heteroatoms. The van der Waals surface area contributed by atoms with Crippen LogP contribution in [0.1, 0.15) is 89.2 Å². The summed E-state index contributed by atoms with van der Waals surface area (Å²) in [6.45, 7) is 18.0. The van der Waals surface area contributed by atoms with Gasteiger partial charge >= 0.3 is 0 Å². The third kappa shape index (κ3) is 7.97. The predicted molar refractivity (Wildman–Crippen MR) is 273 cm³/mol. The van der Waals surface area contributed by atoms with E-state index in [9.17, 15) is 0 Å². The van der Waals surface area contributed by atoms with E-state index in [1.807, 2.05) is 90.9 Å². The van der Waals surface area contributed by atoms with Crippen LogP contribution in [0.15, 0.2) is 188 Å². The molecule has 0 saturated carbocycles. The van der Waals surface area contributed by atoms with Crippen molar-refractivity contribution >= 4 is 49.4 Å². The third-order valence-electron chi connectivity index (χ3n) is 12.0. The second kappa shape index (κ2) is 19.5. The van der Waals surface area contributed by atoms with E-state index in [1.54, 1.807) is 0 Å². The van der Waals surface area contributed by atoms with Crippen molar-refractivity contribution in [2.24, 2.45) is 11.5 Å². The van der Waals surface area contributed by atoms with E-state index in [2.05, 4.69) is 151 Å². The summed E-state index contributed by atoms with van der Waals surface area (Å²) in [5.74, 6) is 1.85. The van der Waals surface area contributed by atoms with E-state index in [-0.39, 0.29) is 12.1 Å². The molecule has 1 aliphatic carbocycles. The van der Waals surface area contributed by atoms with Gasteiger partial charge in [0, 0.05) is 34.1 Å². The van der Waals surface area contributed by atoms with Gasteiger partial charge in [0.2, 0.25) is 0 Å². The molecular weight excluding hydrogens is 767 g/mol. The highest BCUT2D eigenvalue weighted by Gasteiger charge is 2.46. The topological polar surface area (TPSA) is 66.2 Å². The Bertz CT molecular complexity index is 2940. The van der Waals surface area contributed by atoms with Crippen LogP contribution >= 0.6 is 0 Å². The first-order valence-corrected chi connectivity index (χ1v) is 22.7. The van der Waals surface area contributed by atoms with E-state index in [0.29, 0.717) is 6.42 Å². The normalized spacial score (nSPS) is 15.3. The first-order valence-electron chi connectivity index (χ1n) is 22.7. The number of ether oxygens (including phenoxy) is 1. The largest absolute Gasteiger partial charge is 0.460 e. The smallest absolute Gasteiger partial charge is 0.131 e. The minimum atomic E-state index is -0.432. The molecule has 0 radical (unpaired) electrons. The second-order valence-corrected chi connectivity index (χ2v) is 15.3. The Hall–Kier alpha value is -6.72. The predicted octanol–water partition coefficient (Wildman–Crippen LogP) is 15.8. The minimum absolute atomic E-state index is 0.159. The molecule has 0 saturated heterocycles. The molecule has 11 rings (SSSR count). The molecule has 63 heavy (non-hydrogen) atoms. The standard InChI is InChI=1S/C45H32N2O.C8H11N.3C2H6/c1-2-28-10-3-4-11-32(28)29-19-21-30(22-20-29)38(46)27-45-25-9-18-42(45)48-41-24-23-31(26-37(41)45)47-39-16-7-14-35-33-12-5-6-13-34(33)36-15-8-17-40(47)44(36)43(35)39;1-7(9)8-5-3-2-4-6-8;3*1-2/h2-26,38H,1,27,46H2;2-7H,9H2,1H3;3*1-2H3. The Morgan fingerprint density at radius 3 is 1.78 bits per heavy atom. The number of nitrogens with two attached hydrogens (primary N) is 2. The highest BCUT2D eigenvalue weighted by atomic mass is 16.5. The van der Waals surface area contributed by atoms with Crippen LogP contribution in [-0.2, 0) is 5.41 Å². The molecule has 0 bridgehead atoms. The molecule has 1 aromatic heterocycles. The Kier molecular flexibility index (Phi) is 13.8. The number of fused-ring (bicyclic) bond motifs is 6. The molecule has 9 aromatic rings. The molecule has 318 valence electrons. The van der Waals surface area contributed by atoms with Gasteiger partial charge in [-0.2, -0.15) is 0 Å². The summed E-state index contributed by atoms with van der Waals surface area (Å²) >= 11 is 0. The van der Waals surface area contributed by atoms with Crippen LogP contribution < -0.4 is 16.2 Å². The van der Waals surface area contributed by atoms with Gasteiger partial charge in [-0.15, -0.1) is 0 Å². The van der Waals surface area contributed by atoms with E-state index >= 15 is 0 Å². The molecular formula is C59H61N3O. The second-order valence-electron chi connectivity index (χ2n) is 15.3. The summed E-state index contributed by atoms with van der Waals surface area (Å²) in [6.07, 6.45) is 9.10. The van der Waals surface area contributed by atoms with Gasteiger partial charge in [-0.1, -0.05) is 194 Å². The quantitative estimate of drug-likeness (QED) is 0.157. The van der Waals surface area contributed by atoms with Crippen molar-refractivity contribution in [2.45, 2.75) is 72.4 Å². The maximum absolute atomic E-state index is 7.05. The number of benzene rings is 8. The van der Waals surface area contributed by atoms with Crippen molar-refractivity contribution in [1.82, 2.24) is 4.57 Å². The average molecular weight is 828 g/mol. The maximum Gasteiger partial charge on any atom is 0.131 e. The van der Waals surface area contributed by atoms with E-state index in [4.69, 9.17) is 16.2 Å². The van der Waals surface area contributed by atoms with Crippen LogP contribution in [0.3, 0.4) is 0 Å². The first kappa shape index (κ1) is 44.3. The SMILES string of the molecule is C=Cc1ccccc1-c1ccc(C(N)CC23C=CC=C2Oc2ccc(-n4c5cccc6c7ccccc7c7cccc4c7c65)cc23)cc1.CC.CC.CC.CC(N)c1ccccc1. The molecule has 4 nitrogen and oxygen atoms in total. The number of nitrogens with zero attached hydrogens (tertiary/aromatic N) is 1. The van der Waals surface area contributed by atoms with Gasteiger partial charge in [0.05, 0.1) is 16.4 Å². The molecule has 3 unspecified atom stereocenters. The summed E-state index contributed by atoms with van der Waals surface area (Å²) in [5, 5.41) is 7.80.